The van der Waals surface area contributed by atoms with Crippen molar-refractivity contribution in [3.63, 3.8) is 0 Å². The first-order chi connectivity index (χ1) is 19.1. The van der Waals surface area contributed by atoms with E-state index in [0.29, 0.717) is 41.2 Å². The molecule has 1 unspecified atom stereocenters. The Morgan fingerprint density at radius 2 is 1.90 bits per heavy atom. The van der Waals surface area contributed by atoms with Crippen molar-refractivity contribution in [1.29, 1.82) is 0 Å². The largest absolute Gasteiger partial charge is 0.464 e. The van der Waals surface area contributed by atoms with E-state index >= 15 is 4.39 Å². The van der Waals surface area contributed by atoms with Gasteiger partial charge in [0.2, 0.25) is 0 Å². The van der Waals surface area contributed by atoms with Gasteiger partial charge in [0.25, 0.3) is 5.91 Å². The molecule has 1 aromatic heterocycles. The smallest absolute Gasteiger partial charge is 0.359 e. The van der Waals surface area contributed by atoms with Crippen molar-refractivity contribution in [1.82, 2.24) is 14.8 Å². The molecule has 0 radical (unpaired) electrons. The van der Waals surface area contributed by atoms with Gasteiger partial charge in [0, 0.05) is 42.7 Å². The summed E-state index contributed by atoms with van der Waals surface area (Å²) in [5.41, 5.74) is 2.13. The highest BCUT2D eigenvalue weighted by molar-refractivity contribution is 6.43. The summed E-state index contributed by atoms with van der Waals surface area (Å²) < 4.78 is 34.1. The number of amides is 1. The zero-order valence-electron chi connectivity index (χ0n) is 23.3. The molecule has 1 amide bonds. The number of esters is 1. The number of carbonyl (C=O) groups excluding carboxylic acids is 2. The van der Waals surface area contributed by atoms with Crippen molar-refractivity contribution < 1.29 is 23.1 Å². The van der Waals surface area contributed by atoms with Gasteiger partial charge in [-0.15, -0.1) is 0 Å². The quantitative estimate of drug-likeness (QED) is 0.406. The minimum atomic E-state index is -0.892. The predicted molar refractivity (Wildman–Crippen MR) is 151 cm³/mol. The van der Waals surface area contributed by atoms with E-state index < -0.39 is 23.3 Å². The molecule has 0 saturated carbocycles. The number of carbonyl (C=O) groups is 2. The third-order valence-corrected chi connectivity index (χ3v) is 7.38. The molecule has 1 atom stereocenters. The van der Waals surface area contributed by atoms with Crippen LogP contribution in [0.15, 0.2) is 65.7 Å². The number of rotatable bonds is 6. The molecule has 7 nitrogen and oxygen atoms in total. The second-order valence-electron chi connectivity index (χ2n) is 10.0. The summed E-state index contributed by atoms with van der Waals surface area (Å²) in [6.07, 6.45) is 9.62. The number of likely N-dealkylation sites (tertiary alicyclic amines) is 1. The third-order valence-electron chi connectivity index (χ3n) is 7.38. The van der Waals surface area contributed by atoms with Gasteiger partial charge >= 0.3 is 5.97 Å². The van der Waals surface area contributed by atoms with Gasteiger partial charge in [0.1, 0.15) is 17.3 Å². The van der Waals surface area contributed by atoms with Crippen LogP contribution in [0.4, 0.5) is 8.78 Å². The lowest BCUT2D eigenvalue weighted by atomic mass is 10.0. The number of ether oxygens (including phenoxy) is 1. The molecule has 9 heteroatoms. The first-order valence-corrected chi connectivity index (χ1v) is 13.4. The minimum Gasteiger partial charge on any atom is -0.464 e. The lowest BCUT2D eigenvalue weighted by molar-refractivity contribution is -0.125. The van der Waals surface area contributed by atoms with Gasteiger partial charge in [0.15, 0.2) is 11.5 Å². The van der Waals surface area contributed by atoms with Crippen LogP contribution in [0, 0.1) is 11.6 Å². The van der Waals surface area contributed by atoms with E-state index in [-0.39, 0.29) is 17.5 Å². The number of methoxy groups -OCH3 is 1. The first kappa shape index (κ1) is 28.9. The van der Waals surface area contributed by atoms with Crippen LogP contribution in [0.5, 0.6) is 0 Å². The highest BCUT2D eigenvalue weighted by Gasteiger charge is 2.28. The normalized spacial score (nSPS) is 18.6. The van der Waals surface area contributed by atoms with Crippen molar-refractivity contribution in [3.05, 3.63) is 83.6 Å². The molecule has 4 rings (SSSR count). The molecule has 3 heterocycles. The van der Waals surface area contributed by atoms with Crippen LogP contribution in [0.2, 0.25) is 0 Å². The van der Waals surface area contributed by atoms with Crippen molar-refractivity contribution in [3.8, 4) is 11.1 Å². The maximum atomic E-state index is 15.3. The zero-order chi connectivity index (χ0) is 29.0. The van der Waals surface area contributed by atoms with Crippen molar-refractivity contribution in [2.45, 2.75) is 52.0 Å². The molecular formula is C31H34F2N4O3. The maximum Gasteiger partial charge on any atom is 0.359 e. The Morgan fingerprint density at radius 1 is 1.15 bits per heavy atom. The van der Waals surface area contributed by atoms with Crippen molar-refractivity contribution in [2.24, 2.45) is 4.99 Å². The average Bonchev–Trinajstić information content (AvgIpc) is 3.17. The number of aliphatic imine (C=N–C) groups is 1. The van der Waals surface area contributed by atoms with Gasteiger partial charge in [-0.1, -0.05) is 38.5 Å². The van der Waals surface area contributed by atoms with Crippen molar-refractivity contribution in [2.75, 3.05) is 20.7 Å². The molecule has 2 aliphatic rings. The van der Waals surface area contributed by atoms with Gasteiger partial charge < -0.3 is 14.5 Å². The Labute approximate surface area is 233 Å². The number of hydrogen-bond acceptors (Lipinski definition) is 6. The molecule has 0 N–H and O–H groups in total. The topological polar surface area (TPSA) is 75.1 Å². The molecule has 40 heavy (non-hydrogen) atoms. The van der Waals surface area contributed by atoms with E-state index in [1.165, 1.54) is 12.3 Å². The van der Waals surface area contributed by atoms with E-state index in [1.807, 2.05) is 29.8 Å². The number of allylic oxidation sites excluding steroid dienone is 3. The minimum absolute atomic E-state index is 0.0976. The van der Waals surface area contributed by atoms with E-state index in [0.717, 1.165) is 44.6 Å². The maximum absolute atomic E-state index is 15.3. The lowest BCUT2D eigenvalue weighted by Gasteiger charge is -2.31. The summed E-state index contributed by atoms with van der Waals surface area (Å²) in [7, 11) is 2.99. The third kappa shape index (κ3) is 6.03. The van der Waals surface area contributed by atoms with Crippen LogP contribution in [0.1, 0.15) is 62.0 Å². The molecule has 0 aliphatic carbocycles. The molecule has 2 aliphatic heterocycles. The van der Waals surface area contributed by atoms with Crippen LogP contribution >= 0.6 is 0 Å². The van der Waals surface area contributed by atoms with Crippen LogP contribution in [0.25, 0.3) is 16.7 Å². The van der Waals surface area contributed by atoms with Gasteiger partial charge in [-0.25, -0.2) is 23.6 Å². The molecule has 1 fully saturated rings. The summed E-state index contributed by atoms with van der Waals surface area (Å²) in [6, 6.07) is 5.68. The summed E-state index contributed by atoms with van der Waals surface area (Å²) >= 11 is 0. The fraction of sp³-hybridized carbons (Fsp3) is 0.355. The lowest BCUT2D eigenvalue weighted by Crippen LogP contribution is -2.43. The summed E-state index contributed by atoms with van der Waals surface area (Å²) in [6.45, 7) is 8.84. The number of halogens is 2. The average molecular weight is 549 g/mol. The van der Waals surface area contributed by atoms with Gasteiger partial charge in [-0.3, -0.25) is 4.79 Å². The Bertz CT molecular complexity index is 1430. The fourth-order valence-electron chi connectivity index (χ4n) is 4.97. The number of hydrogen-bond donors (Lipinski definition) is 0. The highest BCUT2D eigenvalue weighted by Crippen LogP contribution is 2.29. The fourth-order valence-corrected chi connectivity index (χ4v) is 4.97. The number of benzene rings is 1. The van der Waals surface area contributed by atoms with Gasteiger partial charge in [0.05, 0.1) is 7.11 Å². The van der Waals surface area contributed by atoms with Crippen LogP contribution < -0.4 is 0 Å². The molecule has 210 valence electrons. The summed E-state index contributed by atoms with van der Waals surface area (Å²) in [5, 5.41) is 0. The van der Waals surface area contributed by atoms with E-state index in [9.17, 15) is 14.0 Å². The van der Waals surface area contributed by atoms with Crippen LogP contribution in [0.3, 0.4) is 0 Å². The van der Waals surface area contributed by atoms with E-state index in [1.54, 1.807) is 18.2 Å². The second-order valence-corrected chi connectivity index (χ2v) is 10.0. The SMILES string of the molecule is C=C(/C=C1/N=C(C(=O)N2CCCCCC2C)C=C(CC)N1C)c1ccc(-c2cnc(C(=O)OC)c(F)c2)cc1F. The summed E-state index contributed by atoms with van der Waals surface area (Å²) in [4.78, 5) is 37.4. The van der Waals surface area contributed by atoms with Gasteiger partial charge in [-0.2, -0.15) is 0 Å². The standard InChI is InChI=1S/C31H34F2N4O3/c1-6-23-17-27(30(38)37-13-9-7-8-10-20(37)3)35-28(36(23)4)14-19(2)24-12-11-21(15-25(24)32)22-16-26(33)29(34-18-22)31(39)40-5/h11-12,14-18,20H,2,6-10,13H2,1,3-5H3/b28-14-. The molecule has 0 spiro atoms. The molecule has 1 saturated heterocycles. The van der Waals surface area contributed by atoms with E-state index in [4.69, 9.17) is 0 Å². The number of nitrogens with zero attached hydrogens (tertiary/aromatic N) is 4. The molecule has 2 aromatic rings. The van der Waals surface area contributed by atoms with Crippen molar-refractivity contribution >= 4 is 23.2 Å². The second kappa shape index (κ2) is 12.4. The Kier molecular flexibility index (Phi) is 8.92. The predicted octanol–water partition coefficient (Wildman–Crippen LogP) is 6.14. The summed E-state index contributed by atoms with van der Waals surface area (Å²) in [5.74, 6) is -1.93. The first-order valence-electron chi connectivity index (χ1n) is 13.4. The Hall–Kier alpha value is -4.14. The Morgan fingerprint density at radius 3 is 2.58 bits per heavy atom. The number of aromatic nitrogens is 1. The highest BCUT2D eigenvalue weighted by atomic mass is 19.1. The zero-order valence-corrected chi connectivity index (χ0v) is 23.3. The monoisotopic (exact) mass is 548 g/mol. The molecule has 0 bridgehead atoms. The van der Waals surface area contributed by atoms with Crippen LogP contribution in [-0.2, 0) is 9.53 Å². The van der Waals surface area contributed by atoms with Crippen LogP contribution in [-0.4, -0.2) is 59.1 Å². The molecular weight excluding hydrogens is 514 g/mol. The number of pyridine rings is 1. The Balaban J connectivity index is 1.61. The van der Waals surface area contributed by atoms with Gasteiger partial charge in [-0.05, 0) is 61.6 Å². The molecule has 1 aromatic carbocycles. The van der Waals surface area contributed by atoms with E-state index in [2.05, 4.69) is 28.2 Å².